The van der Waals surface area contributed by atoms with Crippen LogP contribution in [-0.4, -0.2) is 37.2 Å². The Kier molecular flexibility index (Phi) is 6.13. The minimum absolute atomic E-state index is 0.00252. The second-order valence-electron chi connectivity index (χ2n) is 6.38. The number of Topliss-reactive ketones (excluding diaryl/α,β-unsaturated/α-hetero) is 1. The number of likely N-dealkylation sites (N-methyl/N-ethyl adjacent to an activating group) is 1. The summed E-state index contributed by atoms with van der Waals surface area (Å²) in [6, 6.07) is 26.6. The summed E-state index contributed by atoms with van der Waals surface area (Å²) in [5, 5.41) is 0. The summed E-state index contributed by atoms with van der Waals surface area (Å²) in [6.07, 6.45) is 0. The summed E-state index contributed by atoms with van der Waals surface area (Å²) < 4.78 is 6.15. The topological polar surface area (TPSA) is 41.9 Å². The molecular weight excluding hydrogens is 336 g/mol. The Morgan fingerprint density at radius 3 is 2.11 bits per heavy atom. The molecule has 3 aromatic carbocycles. The number of rotatable bonds is 6. The zero-order chi connectivity index (χ0) is 19.1. The minimum Gasteiger partial charge on any atom is -0.438 e. The number of carbonyl (C=O) groups excluding carboxylic acids is 1. The summed E-state index contributed by atoms with van der Waals surface area (Å²) in [6.45, 7) is 0.316. The van der Waals surface area contributed by atoms with E-state index >= 15 is 0 Å². The molecule has 136 valence electrons. The molecule has 0 atom stereocenters. The lowest BCUT2D eigenvalue weighted by Gasteiger charge is -2.14. The van der Waals surface area contributed by atoms with Crippen LogP contribution >= 0.6 is 0 Å². The Bertz CT molecular complexity index is 919. The highest BCUT2D eigenvalue weighted by molar-refractivity contribution is 6.02. The summed E-state index contributed by atoms with van der Waals surface area (Å²) in [5.41, 5.74) is 2.17. The Morgan fingerprint density at radius 1 is 0.852 bits per heavy atom. The predicted octanol–water partition coefficient (Wildman–Crippen LogP) is 4.59. The molecule has 0 fully saturated rings. The van der Waals surface area contributed by atoms with Crippen molar-refractivity contribution >= 4 is 17.4 Å². The van der Waals surface area contributed by atoms with Crippen LogP contribution in [0.2, 0.25) is 0 Å². The van der Waals surface area contributed by atoms with Crippen LogP contribution in [0.1, 0.15) is 15.9 Å². The van der Waals surface area contributed by atoms with Gasteiger partial charge < -0.3 is 9.64 Å². The molecule has 0 aromatic heterocycles. The normalized spacial score (nSPS) is 11.4. The summed E-state index contributed by atoms with van der Waals surface area (Å²) in [4.78, 5) is 19.1. The predicted molar refractivity (Wildman–Crippen MR) is 109 cm³/mol. The zero-order valence-corrected chi connectivity index (χ0v) is 15.5. The van der Waals surface area contributed by atoms with Gasteiger partial charge in [0, 0.05) is 5.56 Å². The fourth-order valence-electron chi connectivity index (χ4n) is 2.61. The first-order valence-electron chi connectivity index (χ1n) is 8.77. The Morgan fingerprint density at radius 2 is 1.44 bits per heavy atom. The monoisotopic (exact) mass is 358 g/mol. The Labute approximate surface area is 159 Å². The lowest BCUT2D eigenvalue weighted by molar-refractivity contribution is 0.0956. The Balaban J connectivity index is 1.99. The second-order valence-corrected chi connectivity index (χ2v) is 6.38. The molecule has 0 amide bonds. The molecular formula is C23H22N2O2. The van der Waals surface area contributed by atoms with Crippen LogP contribution in [0, 0.1) is 0 Å². The van der Waals surface area contributed by atoms with E-state index in [1.165, 1.54) is 0 Å². The van der Waals surface area contributed by atoms with E-state index in [9.17, 15) is 4.79 Å². The first-order valence-corrected chi connectivity index (χ1v) is 8.77. The third-order valence-corrected chi connectivity index (χ3v) is 3.86. The van der Waals surface area contributed by atoms with Gasteiger partial charge in [-0.15, -0.1) is 0 Å². The largest absolute Gasteiger partial charge is 0.438 e. The van der Waals surface area contributed by atoms with Crippen molar-refractivity contribution in [3.05, 3.63) is 96.1 Å². The average molecular weight is 358 g/mol. The number of aliphatic imine (C=N–C) groups is 1. The third-order valence-electron chi connectivity index (χ3n) is 3.86. The van der Waals surface area contributed by atoms with Gasteiger partial charge in [-0.05, 0) is 50.5 Å². The van der Waals surface area contributed by atoms with Gasteiger partial charge in [0.05, 0.1) is 17.8 Å². The van der Waals surface area contributed by atoms with E-state index in [2.05, 4.69) is 4.99 Å². The van der Waals surface area contributed by atoms with Crippen molar-refractivity contribution in [2.45, 2.75) is 0 Å². The summed E-state index contributed by atoms with van der Waals surface area (Å²) in [5.74, 6) is 0.956. The van der Waals surface area contributed by atoms with E-state index in [-0.39, 0.29) is 5.78 Å². The van der Waals surface area contributed by atoms with E-state index in [0.29, 0.717) is 23.8 Å². The molecule has 0 radical (unpaired) electrons. The highest BCUT2D eigenvalue weighted by atomic mass is 16.5. The maximum Gasteiger partial charge on any atom is 0.227 e. The minimum atomic E-state index is 0.00252. The SMILES string of the molecule is CN(C)CC(=O)c1ccccc1OC(=Nc1ccccc1)c1ccccc1. The highest BCUT2D eigenvalue weighted by Crippen LogP contribution is 2.22. The maximum absolute atomic E-state index is 12.6. The third kappa shape index (κ3) is 5.12. The number of nitrogens with zero attached hydrogens (tertiary/aromatic N) is 2. The average Bonchev–Trinajstić information content (AvgIpc) is 2.69. The van der Waals surface area contributed by atoms with Crippen LogP contribution in [0.4, 0.5) is 5.69 Å². The maximum atomic E-state index is 12.6. The molecule has 0 heterocycles. The molecule has 3 aromatic rings. The molecule has 0 spiro atoms. The van der Waals surface area contributed by atoms with Crippen LogP contribution in [0.5, 0.6) is 5.75 Å². The molecule has 0 saturated heterocycles. The van der Waals surface area contributed by atoms with Gasteiger partial charge >= 0.3 is 0 Å². The quantitative estimate of drug-likeness (QED) is 0.368. The highest BCUT2D eigenvalue weighted by Gasteiger charge is 2.16. The van der Waals surface area contributed by atoms with Gasteiger partial charge in [-0.1, -0.05) is 48.5 Å². The van der Waals surface area contributed by atoms with Crippen molar-refractivity contribution in [1.82, 2.24) is 4.90 Å². The fourth-order valence-corrected chi connectivity index (χ4v) is 2.61. The lowest BCUT2D eigenvalue weighted by atomic mass is 10.1. The molecule has 4 heteroatoms. The van der Waals surface area contributed by atoms with Gasteiger partial charge in [0.1, 0.15) is 5.75 Å². The van der Waals surface area contributed by atoms with Crippen molar-refractivity contribution < 1.29 is 9.53 Å². The van der Waals surface area contributed by atoms with E-state index < -0.39 is 0 Å². The van der Waals surface area contributed by atoms with Crippen LogP contribution in [-0.2, 0) is 0 Å². The van der Waals surface area contributed by atoms with Crippen LogP contribution in [0.3, 0.4) is 0 Å². The Hall–Kier alpha value is -3.24. The second kappa shape index (κ2) is 8.92. The van der Waals surface area contributed by atoms with Gasteiger partial charge in [-0.25, -0.2) is 4.99 Å². The summed E-state index contributed by atoms with van der Waals surface area (Å²) >= 11 is 0. The molecule has 0 aliphatic carbocycles. The smallest absolute Gasteiger partial charge is 0.227 e. The zero-order valence-electron chi connectivity index (χ0n) is 15.5. The fraction of sp³-hybridized carbons (Fsp3) is 0.130. The van der Waals surface area contributed by atoms with Gasteiger partial charge in [0.25, 0.3) is 0 Å². The van der Waals surface area contributed by atoms with Crippen molar-refractivity contribution in [3.8, 4) is 5.75 Å². The van der Waals surface area contributed by atoms with Crippen molar-refractivity contribution in [1.29, 1.82) is 0 Å². The van der Waals surface area contributed by atoms with E-state index in [0.717, 1.165) is 11.3 Å². The molecule has 0 unspecified atom stereocenters. The van der Waals surface area contributed by atoms with Gasteiger partial charge in [-0.3, -0.25) is 4.79 Å². The van der Waals surface area contributed by atoms with E-state index in [4.69, 9.17) is 4.74 Å². The number of ketones is 1. The van der Waals surface area contributed by atoms with Crippen LogP contribution in [0.25, 0.3) is 0 Å². The molecule has 0 aliphatic rings. The number of carbonyl (C=O) groups is 1. The van der Waals surface area contributed by atoms with Gasteiger partial charge in [-0.2, -0.15) is 0 Å². The standard InChI is InChI=1S/C23H22N2O2/c1-25(2)17-21(26)20-15-9-10-16-22(20)27-23(18-11-5-3-6-12-18)24-19-13-7-4-8-14-19/h3-16H,17H2,1-2H3. The van der Waals surface area contributed by atoms with Crippen molar-refractivity contribution in [2.24, 2.45) is 4.99 Å². The van der Waals surface area contributed by atoms with Crippen LogP contribution < -0.4 is 4.74 Å². The number of hydrogen-bond donors (Lipinski definition) is 0. The molecule has 0 aliphatic heterocycles. The molecule has 3 rings (SSSR count). The number of hydrogen-bond acceptors (Lipinski definition) is 4. The molecule has 0 N–H and O–H groups in total. The molecule has 27 heavy (non-hydrogen) atoms. The van der Waals surface area contributed by atoms with Gasteiger partial charge in [0.2, 0.25) is 5.90 Å². The van der Waals surface area contributed by atoms with E-state index in [1.807, 2.05) is 91.8 Å². The number of ether oxygens (including phenoxy) is 1. The van der Waals surface area contributed by atoms with E-state index in [1.54, 1.807) is 12.1 Å². The number of para-hydroxylation sites is 2. The first kappa shape index (κ1) is 18.5. The summed E-state index contributed by atoms with van der Waals surface area (Å²) in [7, 11) is 3.74. The first-order chi connectivity index (χ1) is 13.1. The van der Waals surface area contributed by atoms with Crippen molar-refractivity contribution in [2.75, 3.05) is 20.6 Å². The molecule has 0 saturated carbocycles. The van der Waals surface area contributed by atoms with Crippen LogP contribution in [0.15, 0.2) is 89.9 Å². The number of benzene rings is 3. The molecule has 0 bridgehead atoms. The molecule has 4 nitrogen and oxygen atoms in total. The van der Waals surface area contributed by atoms with Gasteiger partial charge in [0.15, 0.2) is 5.78 Å². The van der Waals surface area contributed by atoms with Crippen molar-refractivity contribution in [3.63, 3.8) is 0 Å². The lowest BCUT2D eigenvalue weighted by Crippen LogP contribution is -2.22.